The van der Waals surface area contributed by atoms with Crippen molar-refractivity contribution in [2.45, 2.75) is 12.8 Å². The first-order valence-electron chi connectivity index (χ1n) is 7.70. The third kappa shape index (κ3) is 3.34. The molecule has 2 fully saturated rings. The van der Waals surface area contributed by atoms with E-state index in [9.17, 15) is 18.4 Å². The van der Waals surface area contributed by atoms with Gasteiger partial charge >= 0.3 is 11.8 Å². The normalized spacial score (nSPS) is 22.6. The Labute approximate surface area is 132 Å². The van der Waals surface area contributed by atoms with Crippen LogP contribution in [0.2, 0.25) is 0 Å². The van der Waals surface area contributed by atoms with Gasteiger partial charge in [0, 0.05) is 38.0 Å². The van der Waals surface area contributed by atoms with E-state index >= 15 is 0 Å². The first-order valence-corrected chi connectivity index (χ1v) is 7.70. The summed E-state index contributed by atoms with van der Waals surface area (Å²) < 4.78 is 31.7. The van der Waals surface area contributed by atoms with Gasteiger partial charge in [-0.05, 0) is 30.9 Å². The Balaban J connectivity index is 1.68. The molecule has 2 aliphatic heterocycles. The van der Waals surface area contributed by atoms with Gasteiger partial charge in [-0.15, -0.1) is 0 Å². The number of carbonyl (C=O) groups is 2. The lowest BCUT2D eigenvalue weighted by molar-refractivity contribution is -0.147. The molecule has 2 heterocycles. The molecular formula is C16H18F2N2O3. The van der Waals surface area contributed by atoms with Crippen LogP contribution in [0.3, 0.4) is 0 Å². The second kappa shape index (κ2) is 6.62. The molecule has 3 rings (SSSR count). The average Bonchev–Trinajstić information content (AvgIpc) is 2.56. The first-order chi connectivity index (χ1) is 11.1. The minimum absolute atomic E-state index is 0.197. The van der Waals surface area contributed by atoms with Crippen LogP contribution in [0.25, 0.3) is 0 Å². The molecule has 1 unspecified atom stereocenters. The Morgan fingerprint density at radius 2 is 1.96 bits per heavy atom. The number of amides is 2. The Hall–Kier alpha value is -2.02. The summed E-state index contributed by atoms with van der Waals surface area (Å²) in [5.74, 6) is -3.09. The van der Waals surface area contributed by atoms with E-state index in [0.717, 1.165) is 31.6 Å². The number of halogens is 2. The van der Waals surface area contributed by atoms with Gasteiger partial charge in [0.25, 0.3) is 0 Å². The fourth-order valence-electron chi connectivity index (χ4n) is 3.01. The number of piperazine rings is 1. The summed E-state index contributed by atoms with van der Waals surface area (Å²) in [5, 5.41) is 0. The van der Waals surface area contributed by atoms with Crippen LogP contribution in [0.5, 0.6) is 0 Å². The maximum atomic E-state index is 13.3. The number of benzene rings is 1. The molecule has 1 aromatic carbocycles. The van der Waals surface area contributed by atoms with Gasteiger partial charge in [0.15, 0.2) is 11.6 Å². The maximum absolute atomic E-state index is 13.3. The van der Waals surface area contributed by atoms with E-state index in [2.05, 4.69) is 0 Å². The van der Waals surface area contributed by atoms with Crippen molar-refractivity contribution in [1.29, 1.82) is 0 Å². The fraction of sp³-hybridized carbons (Fsp3) is 0.500. The highest BCUT2D eigenvalue weighted by Gasteiger charge is 2.34. The van der Waals surface area contributed by atoms with Crippen LogP contribution in [0.1, 0.15) is 12.8 Å². The summed E-state index contributed by atoms with van der Waals surface area (Å²) in [4.78, 5) is 27.2. The summed E-state index contributed by atoms with van der Waals surface area (Å²) in [6.07, 6.45) is 1.94. The zero-order chi connectivity index (χ0) is 16.4. The summed E-state index contributed by atoms with van der Waals surface area (Å²) in [6, 6.07) is 3.19. The summed E-state index contributed by atoms with van der Waals surface area (Å²) in [5.41, 5.74) is 0.197. The van der Waals surface area contributed by atoms with Gasteiger partial charge in [-0.1, -0.05) is 0 Å². The Morgan fingerprint density at radius 3 is 2.65 bits per heavy atom. The SMILES string of the molecule is O=C1C(=O)N(c2ccc(F)c(F)c2)CCN1CC1CCCOC1. The smallest absolute Gasteiger partial charge is 0.316 e. The predicted molar refractivity (Wildman–Crippen MR) is 78.8 cm³/mol. The standard InChI is InChI=1S/C16H18F2N2O3/c17-13-4-3-12(8-14(13)18)20-6-5-19(15(21)16(20)22)9-11-2-1-7-23-10-11/h3-4,8,11H,1-2,5-7,9-10H2. The van der Waals surface area contributed by atoms with Crippen molar-refractivity contribution < 1.29 is 23.1 Å². The molecule has 0 bridgehead atoms. The number of rotatable bonds is 3. The van der Waals surface area contributed by atoms with Gasteiger partial charge in [-0.2, -0.15) is 0 Å². The molecule has 0 spiro atoms. The molecule has 2 amide bonds. The van der Waals surface area contributed by atoms with E-state index < -0.39 is 23.4 Å². The highest BCUT2D eigenvalue weighted by Crippen LogP contribution is 2.22. The molecule has 124 valence electrons. The zero-order valence-corrected chi connectivity index (χ0v) is 12.6. The zero-order valence-electron chi connectivity index (χ0n) is 12.6. The van der Waals surface area contributed by atoms with Gasteiger partial charge in [0.2, 0.25) is 0 Å². The number of anilines is 1. The van der Waals surface area contributed by atoms with Crippen LogP contribution in [0.4, 0.5) is 14.5 Å². The number of ether oxygens (including phenoxy) is 1. The Bertz CT molecular complexity index is 617. The van der Waals surface area contributed by atoms with Crippen LogP contribution >= 0.6 is 0 Å². The second-order valence-corrected chi connectivity index (χ2v) is 5.89. The second-order valence-electron chi connectivity index (χ2n) is 5.89. The summed E-state index contributed by atoms with van der Waals surface area (Å²) >= 11 is 0. The number of carbonyl (C=O) groups excluding carboxylic acids is 2. The lowest BCUT2D eigenvalue weighted by atomic mass is 10.0. The first kappa shape index (κ1) is 15.9. The minimum Gasteiger partial charge on any atom is -0.381 e. The van der Waals surface area contributed by atoms with Crippen LogP contribution in [0, 0.1) is 17.6 Å². The van der Waals surface area contributed by atoms with E-state index in [4.69, 9.17) is 4.74 Å². The topological polar surface area (TPSA) is 49.9 Å². The van der Waals surface area contributed by atoms with E-state index in [1.54, 1.807) is 0 Å². The molecule has 5 nitrogen and oxygen atoms in total. The quantitative estimate of drug-likeness (QED) is 0.793. The van der Waals surface area contributed by atoms with Gasteiger partial charge in [-0.3, -0.25) is 9.59 Å². The van der Waals surface area contributed by atoms with Gasteiger partial charge < -0.3 is 14.5 Å². The van der Waals surface area contributed by atoms with Gasteiger partial charge in [0.05, 0.1) is 6.61 Å². The maximum Gasteiger partial charge on any atom is 0.316 e. The third-order valence-corrected chi connectivity index (χ3v) is 4.26. The lowest BCUT2D eigenvalue weighted by Gasteiger charge is -2.36. The van der Waals surface area contributed by atoms with Crippen molar-refractivity contribution in [2.24, 2.45) is 5.92 Å². The molecule has 0 saturated carbocycles. The highest BCUT2D eigenvalue weighted by molar-refractivity contribution is 6.40. The molecule has 0 aliphatic carbocycles. The van der Waals surface area contributed by atoms with Crippen LogP contribution in [-0.4, -0.2) is 49.6 Å². The van der Waals surface area contributed by atoms with Crippen LogP contribution < -0.4 is 4.90 Å². The van der Waals surface area contributed by atoms with Crippen molar-refractivity contribution in [1.82, 2.24) is 4.90 Å². The lowest BCUT2D eigenvalue weighted by Crippen LogP contribution is -2.55. The van der Waals surface area contributed by atoms with Crippen LogP contribution in [0.15, 0.2) is 18.2 Å². The monoisotopic (exact) mass is 324 g/mol. The largest absolute Gasteiger partial charge is 0.381 e. The van der Waals surface area contributed by atoms with Crippen molar-refractivity contribution in [2.75, 3.05) is 37.7 Å². The van der Waals surface area contributed by atoms with Gasteiger partial charge in [0.1, 0.15) is 0 Å². The van der Waals surface area contributed by atoms with Crippen molar-refractivity contribution in [3.63, 3.8) is 0 Å². The van der Waals surface area contributed by atoms with Crippen molar-refractivity contribution in [3.05, 3.63) is 29.8 Å². The van der Waals surface area contributed by atoms with Gasteiger partial charge in [-0.25, -0.2) is 8.78 Å². The Kier molecular flexibility index (Phi) is 4.56. The van der Waals surface area contributed by atoms with Crippen molar-refractivity contribution >= 4 is 17.5 Å². The van der Waals surface area contributed by atoms with E-state index in [-0.39, 0.29) is 18.2 Å². The Morgan fingerprint density at radius 1 is 1.13 bits per heavy atom. The molecule has 2 saturated heterocycles. The van der Waals surface area contributed by atoms with Crippen LogP contribution in [-0.2, 0) is 14.3 Å². The molecule has 1 aromatic rings. The molecule has 0 radical (unpaired) electrons. The number of hydrogen-bond donors (Lipinski definition) is 0. The third-order valence-electron chi connectivity index (χ3n) is 4.26. The fourth-order valence-corrected chi connectivity index (χ4v) is 3.01. The summed E-state index contributed by atoms with van der Waals surface area (Å²) in [6.45, 7) is 2.48. The number of nitrogens with zero attached hydrogens (tertiary/aromatic N) is 2. The molecule has 23 heavy (non-hydrogen) atoms. The molecule has 1 atom stereocenters. The minimum atomic E-state index is -1.04. The molecular weight excluding hydrogens is 306 g/mol. The van der Waals surface area contributed by atoms with Crippen molar-refractivity contribution in [3.8, 4) is 0 Å². The predicted octanol–water partition coefficient (Wildman–Crippen LogP) is 1.57. The summed E-state index contributed by atoms with van der Waals surface area (Å²) in [7, 11) is 0. The van der Waals surface area contributed by atoms with E-state index in [0.29, 0.717) is 19.7 Å². The van der Waals surface area contributed by atoms with E-state index in [1.807, 2.05) is 0 Å². The molecule has 2 aliphatic rings. The molecule has 0 aromatic heterocycles. The highest BCUT2D eigenvalue weighted by atomic mass is 19.2. The molecule has 0 N–H and O–H groups in total. The average molecular weight is 324 g/mol. The molecule has 7 heteroatoms. The number of hydrogen-bond acceptors (Lipinski definition) is 3. The van der Waals surface area contributed by atoms with E-state index in [1.165, 1.54) is 15.9 Å².